The first kappa shape index (κ1) is 21.6. The van der Waals surface area contributed by atoms with Gasteiger partial charge in [-0.1, -0.05) is 29.3 Å². The molecule has 0 fully saturated rings. The van der Waals surface area contributed by atoms with Crippen LogP contribution in [-0.2, 0) is 6.54 Å². The van der Waals surface area contributed by atoms with Crippen molar-refractivity contribution in [3.63, 3.8) is 0 Å². The first-order valence-corrected chi connectivity index (χ1v) is 9.85. The summed E-state index contributed by atoms with van der Waals surface area (Å²) in [6, 6.07) is 13.5. The van der Waals surface area contributed by atoms with Crippen LogP contribution in [0.5, 0.6) is 0 Å². The molecule has 0 atom stereocenters. The van der Waals surface area contributed by atoms with Crippen LogP contribution < -0.4 is 15.5 Å². The number of nitrogens with one attached hydrogen (secondary N) is 2. The van der Waals surface area contributed by atoms with E-state index in [0.29, 0.717) is 28.4 Å². The molecular weight excluding hydrogens is 423 g/mol. The van der Waals surface area contributed by atoms with E-state index in [1.54, 1.807) is 42.7 Å². The standard InChI is InChI=1S/C22H20Cl2N4O2/c1-28(2)20-8-6-16(27-22(30)17-7-5-15(23)10-19(17)24)11-18(20)21(29)26-13-14-4-3-9-25-12-14/h3-12H,13H2,1-2H3,(H,26,29)(H,27,30). The summed E-state index contributed by atoms with van der Waals surface area (Å²) < 4.78 is 0. The Morgan fingerprint density at radius 3 is 2.47 bits per heavy atom. The van der Waals surface area contributed by atoms with E-state index in [1.165, 1.54) is 6.07 Å². The molecule has 0 spiro atoms. The number of carbonyl (C=O) groups excluding carboxylic acids is 2. The predicted octanol–water partition coefficient (Wildman–Crippen LogP) is 4.64. The lowest BCUT2D eigenvalue weighted by atomic mass is 10.1. The highest BCUT2D eigenvalue weighted by Crippen LogP contribution is 2.25. The van der Waals surface area contributed by atoms with E-state index in [2.05, 4.69) is 15.6 Å². The normalized spacial score (nSPS) is 10.4. The topological polar surface area (TPSA) is 74.3 Å². The first-order valence-electron chi connectivity index (χ1n) is 9.10. The summed E-state index contributed by atoms with van der Waals surface area (Å²) in [7, 11) is 3.69. The van der Waals surface area contributed by atoms with Gasteiger partial charge in [0, 0.05) is 49.4 Å². The highest BCUT2D eigenvalue weighted by atomic mass is 35.5. The molecule has 3 aromatic rings. The molecule has 0 aliphatic heterocycles. The van der Waals surface area contributed by atoms with Gasteiger partial charge in [-0.2, -0.15) is 0 Å². The van der Waals surface area contributed by atoms with Gasteiger partial charge >= 0.3 is 0 Å². The minimum atomic E-state index is -0.393. The molecule has 0 saturated heterocycles. The molecule has 2 aromatic carbocycles. The van der Waals surface area contributed by atoms with Crippen LogP contribution in [0.2, 0.25) is 10.0 Å². The van der Waals surface area contributed by atoms with E-state index in [9.17, 15) is 9.59 Å². The fourth-order valence-electron chi connectivity index (χ4n) is 2.84. The Hall–Kier alpha value is -3.09. The van der Waals surface area contributed by atoms with Crippen LogP contribution in [0.4, 0.5) is 11.4 Å². The van der Waals surface area contributed by atoms with Gasteiger partial charge in [-0.05, 0) is 48.0 Å². The fraction of sp³-hybridized carbons (Fsp3) is 0.136. The molecule has 6 nitrogen and oxygen atoms in total. The van der Waals surface area contributed by atoms with E-state index in [0.717, 1.165) is 11.3 Å². The van der Waals surface area contributed by atoms with Gasteiger partial charge in [0.25, 0.3) is 11.8 Å². The maximum atomic E-state index is 12.8. The second-order valence-electron chi connectivity index (χ2n) is 6.75. The summed E-state index contributed by atoms with van der Waals surface area (Å²) in [5.74, 6) is -0.654. The lowest BCUT2D eigenvalue weighted by Crippen LogP contribution is -2.26. The number of anilines is 2. The molecule has 2 amide bonds. The van der Waals surface area contributed by atoms with Gasteiger partial charge in [-0.15, -0.1) is 0 Å². The van der Waals surface area contributed by atoms with Crippen molar-refractivity contribution in [3.8, 4) is 0 Å². The van der Waals surface area contributed by atoms with Crippen molar-refractivity contribution in [2.24, 2.45) is 0 Å². The van der Waals surface area contributed by atoms with Crippen LogP contribution >= 0.6 is 23.2 Å². The van der Waals surface area contributed by atoms with E-state index in [-0.39, 0.29) is 10.9 Å². The lowest BCUT2D eigenvalue weighted by Gasteiger charge is -2.18. The zero-order chi connectivity index (χ0) is 21.7. The van der Waals surface area contributed by atoms with Crippen molar-refractivity contribution < 1.29 is 9.59 Å². The highest BCUT2D eigenvalue weighted by Gasteiger charge is 2.16. The highest BCUT2D eigenvalue weighted by molar-refractivity contribution is 6.37. The number of benzene rings is 2. The third-order valence-electron chi connectivity index (χ3n) is 4.33. The van der Waals surface area contributed by atoms with Crippen LogP contribution in [0.25, 0.3) is 0 Å². The Morgan fingerprint density at radius 1 is 1.00 bits per heavy atom. The number of rotatable bonds is 6. The Balaban J connectivity index is 1.81. The quantitative estimate of drug-likeness (QED) is 0.583. The summed E-state index contributed by atoms with van der Waals surface area (Å²) in [6.45, 7) is 0.344. The smallest absolute Gasteiger partial charge is 0.257 e. The third-order valence-corrected chi connectivity index (χ3v) is 4.88. The third kappa shape index (κ3) is 5.28. The molecule has 154 valence electrons. The van der Waals surface area contributed by atoms with E-state index in [1.807, 2.05) is 31.1 Å². The molecule has 30 heavy (non-hydrogen) atoms. The molecule has 0 saturated carbocycles. The number of amides is 2. The van der Waals surface area contributed by atoms with Gasteiger partial charge in [0.15, 0.2) is 0 Å². The molecule has 0 bridgehead atoms. The monoisotopic (exact) mass is 442 g/mol. The molecule has 0 unspecified atom stereocenters. The van der Waals surface area contributed by atoms with Crippen molar-refractivity contribution in [2.45, 2.75) is 6.54 Å². The maximum Gasteiger partial charge on any atom is 0.257 e. The number of nitrogens with zero attached hydrogens (tertiary/aromatic N) is 2. The average molecular weight is 443 g/mol. The van der Waals surface area contributed by atoms with Gasteiger partial charge in [-0.25, -0.2) is 0 Å². The van der Waals surface area contributed by atoms with Gasteiger partial charge in [0.05, 0.1) is 16.1 Å². The number of halogens is 2. The predicted molar refractivity (Wildman–Crippen MR) is 121 cm³/mol. The second-order valence-corrected chi connectivity index (χ2v) is 7.59. The van der Waals surface area contributed by atoms with Crippen molar-refractivity contribution in [3.05, 3.63) is 87.7 Å². The SMILES string of the molecule is CN(C)c1ccc(NC(=O)c2ccc(Cl)cc2Cl)cc1C(=O)NCc1cccnc1. The Bertz CT molecular complexity index is 1070. The van der Waals surface area contributed by atoms with Crippen LogP contribution in [0.1, 0.15) is 26.3 Å². The van der Waals surface area contributed by atoms with Crippen LogP contribution in [0, 0.1) is 0 Å². The average Bonchev–Trinajstić information content (AvgIpc) is 2.72. The molecule has 1 aromatic heterocycles. The molecule has 3 rings (SSSR count). The molecule has 0 aliphatic rings. The summed E-state index contributed by atoms with van der Waals surface area (Å²) >= 11 is 12.0. The molecule has 8 heteroatoms. The van der Waals surface area contributed by atoms with Crippen LogP contribution in [0.15, 0.2) is 60.9 Å². The Labute approximate surface area is 184 Å². The van der Waals surface area contributed by atoms with Gasteiger partial charge in [0.1, 0.15) is 0 Å². The largest absolute Gasteiger partial charge is 0.377 e. The summed E-state index contributed by atoms with van der Waals surface area (Å²) in [4.78, 5) is 31.3. The minimum absolute atomic E-state index is 0.249. The lowest BCUT2D eigenvalue weighted by molar-refractivity contribution is 0.0950. The maximum absolute atomic E-state index is 12.8. The first-order chi connectivity index (χ1) is 14.3. The zero-order valence-electron chi connectivity index (χ0n) is 16.4. The molecular formula is C22H20Cl2N4O2. The number of pyridine rings is 1. The zero-order valence-corrected chi connectivity index (χ0v) is 18.0. The minimum Gasteiger partial charge on any atom is -0.377 e. The molecule has 1 heterocycles. The van der Waals surface area contributed by atoms with E-state index >= 15 is 0 Å². The number of hydrogen-bond acceptors (Lipinski definition) is 4. The van der Waals surface area contributed by atoms with Crippen LogP contribution in [0.3, 0.4) is 0 Å². The van der Waals surface area contributed by atoms with Gasteiger partial charge in [-0.3, -0.25) is 14.6 Å². The van der Waals surface area contributed by atoms with Crippen molar-refractivity contribution in [1.29, 1.82) is 0 Å². The Kier molecular flexibility index (Phi) is 6.92. The molecule has 2 N–H and O–H groups in total. The van der Waals surface area contributed by atoms with Gasteiger partial charge in [0.2, 0.25) is 0 Å². The summed E-state index contributed by atoms with van der Waals surface area (Å²) in [5, 5.41) is 6.36. The number of carbonyl (C=O) groups is 2. The van der Waals surface area contributed by atoms with Crippen molar-refractivity contribution in [2.75, 3.05) is 24.3 Å². The summed E-state index contributed by atoms with van der Waals surface area (Å²) in [5.41, 5.74) is 2.81. The fourth-order valence-corrected chi connectivity index (χ4v) is 3.33. The van der Waals surface area contributed by atoms with Crippen LogP contribution in [-0.4, -0.2) is 30.9 Å². The van der Waals surface area contributed by atoms with Crippen molar-refractivity contribution >= 4 is 46.4 Å². The van der Waals surface area contributed by atoms with E-state index in [4.69, 9.17) is 23.2 Å². The number of aromatic nitrogens is 1. The number of hydrogen-bond donors (Lipinski definition) is 2. The summed E-state index contributed by atoms with van der Waals surface area (Å²) in [6.07, 6.45) is 3.37. The van der Waals surface area contributed by atoms with E-state index < -0.39 is 5.91 Å². The van der Waals surface area contributed by atoms with Gasteiger partial charge < -0.3 is 15.5 Å². The van der Waals surface area contributed by atoms with Crippen molar-refractivity contribution in [1.82, 2.24) is 10.3 Å². The molecule has 0 aliphatic carbocycles. The Morgan fingerprint density at radius 2 is 1.80 bits per heavy atom. The second kappa shape index (κ2) is 9.61. The molecule has 0 radical (unpaired) electrons.